The number of piperazine rings is 1. The lowest BCUT2D eigenvalue weighted by Gasteiger charge is -2.36. The third-order valence-electron chi connectivity index (χ3n) is 5.41. The first-order valence-corrected chi connectivity index (χ1v) is 11.5. The topological polar surface area (TPSA) is 72.0 Å². The number of aromatic nitrogens is 1. The van der Waals surface area contributed by atoms with Crippen LogP contribution in [0.4, 0.5) is 5.69 Å². The minimum atomic E-state index is -3.61. The van der Waals surface area contributed by atoms with Crippen LogP contribution >= 0.6 is 11.6 Å². The normalized spacial score (nSPS) is 17.3. The first kappa shape index (κ1) is 19.4. The number of hydrogen-bond acceptors (Lipinski definition) is 6. The molecule has 0 aliphatic carbocycles. The molecule has 2 aliphatic rings. The molecule has 2 aromatic carbocycles. The van der Waals surface area contributed by atoms with Gasteiger partial charge in [0.1, 0.15) is 13.2 Å². The summed E-state index contributed by atoms with van der Waals surface area (Å²) in [6.45, 7) is 2.86. The fourth-order valence-electron chi connectivity index (χ4n) is 3.88. The molecule has 30 heavy (non-hydrogen) atoms. The summed E-state index contributed by atoms with van der Waals surface area (Å²) in [5, 5.41) is 1.65. The maximum absolute atomic E-state index is 13.2. The molecule has 2 aliphatic heterocycles. The van der Waals surface area contributed by atoms with Crippen LogP contribution in [0, 0.1) is 0 Å². The van der Waals surface area contributed by atoms with Crippen LogP contribution in [0.15, 0.2) is 53.6 Å². The van der Waals surface area contributed by atoms with Gasteiger partial charge in [-0.05, 0) is 36.4 Å². The van der Waals surface area contributed by atoms with Crippen molar-refractivity contribution in [1.29, 1.82) is 0 Å². The minimum Gasteiger partial charge on any atom is -0.486 e. The Labute approximate surface area is 179 Å². The highest BCUT2D eigenvalue weighted by Gasteiger charge is 2.30. The molecule has 7 nitrogen and oxygen atoms in total. The van der Waals surface area contributed by atoms with E-state index < -0.39 is 10.0 Å². The molecule has 5 rings (SSSR count). The van der Waals surface area contributed by atoms with Gasteiger partial charge in [-0.25, -0.2) is 8.42 Å². The number of sulfonamides is 1. The SMILES string of the molecule is O=S(=O)(c1ccc2c(c1)OCCO2)N1CCN(c2ccnc3cc(Cl)ccc23)CC1. The van der Waals surface area contributed by atoms with Gasteiger partial charge in [0, 0.05) is 54.5 Å². The Morgan fingerprint density at radius 3 is 2.47 bits per heavy atom. The van der Waals surface area contributed by atoms with Gasteiger partial charge >= 0.3 is 0 Å². The van der Waals surface area contributed by atoms with Crippen molar-refractivity contribution in [3.63, 3.8) is 0 Å². The highest BCUT2D eigenvalue weighted by molar-refractivity contribution is 7.89. The van der Waals surface area contributed by atoms with Crippen LogP contribution in [0.2, 0.25) is 5.02 Å². The second kappa shape index (κ2) is 7.61. The van der Waals surface area contributed by atoms with Gasteiger partial charge in [-0.2, -0.15) is 4.31 Å². The van der Waals surface area contributed by atoms with Crippen LogP contribution in [0.1, 0.15) is 0 Å². The zero-order valence-corrected chi connectivity index (χ0v) is 17.7. The number of anilines is 1. The lowest BCUT2D eigenvalue weighted by molar-refractivity contribution is 0.171. The van der Waals surface area contributed by atoms with Gasteiger partial charge in [-0.15, -0.1) is 0 Å². The Hall–Kier alpha value is -2.55. The lowest BCUT2D eigenvalue weighted by Crippen LogP contribution is -2.48. The molecular formula is C21H20ClN3O4S. The molecule has 9 heteroatoms. The van der Waals surface area contributed by atoms with Crippen LogP contribution in [0.25, 0.3) is 10.9 Å². The van der Waals surface area contributed by atoms with E-state index in [1.54, 1.807) is 24.4 Å². The number of hydrogen-bond donors (Lipinski definition) is 0. The van der Waals surface area contributed by atoms with Crippen LogP contribution in [0.5, 0.6) is 11.5 Å². The predicted molar refractivity (Wildman–Crippen MR) is 115 cm³/mol. The lowest BCUT2D eigenvalue weighted by atomic mass is 10.1. The maximum Gasteiger partial charge on any atom is 0.243 e. The van der Waals surface area contributed by atoms with Gasteiger partial charge in [0.25, 0.3) is 0 Å². The number of benzene rings is 2. The van der Waals surface area contributed by atoms with Crippen LogP contribution in [0.3, 0.4) is 0 Å². The zero-order valence-electron chi connectivity index (χ0n) is 16.1. The van der Waals surface area contributed by atoms with E-state index in [0.717, 1.165) is 16.6 Å². The first-order valence-electron chi connectivity index (χ1n) is 9.71. The molecule has 0 saturated carbocycles. The van der Waals surface area contributed by atoms with Crippen molar-refractivity contribution >= 4 is 38.2 Å². The van der Waals surface area contributed by atoms with Gasteiger partial charge in [-0.3, -0.25) is 4.98 Å². The Morgan fingerprint density at radius 1 is 0.900 bits per heavy atom. The van der Waals surface area contributed by atoms with E-state index in [9.17, 15) is 8.42 Å². The van der Waals surface area contributed by atoms with E-state index in [4.69, 9.17) is 21.1 Å². The average molecular weight is 446 g/mol. The molecule has 1 aromatic heterocycles. The maximum atomic E-state index is 13.2. The largest absolute Gasteiger partial charge is 0.486 e. The Balaban J connectivity index is 1.36. The number of fused-ring (bicyclic) bond motifs is 2. The van der Waals surface area contributed by atoms with Crippen molar-refractivity contribution in [3.8, 4) is 11.5 Å². The molecule has 3 heterocycles. The summed E-state index contributed by atoms with van der Waals surface area (Å²) < 4.78 is 38.9. The summed E-state index contributed by atoms with van der Waals surface area (Å²) in [6, 6.07) is 12.4. The molecule has 0 atom stereocenters. The number of rotatable bonds is 3. The van der Waals surface area contributed by atoms with E-state index in [-0.39, 0.29) is 4.90 Å². The van der Waals surface area contributed by atoms with E-state index in [1.807, 2.05) is 24.3 Å². The molecule has 0 spiro atoms. The molecule has 3 aromatic rings. The third-order valence-corrected chi connectivity index (χ3v) is 7.54. The van der Waals surface area contributed by atoms with Gasteiger partial charge in [0.2, 0.25) is 10.0 Å². The molecule has 0 amide bonds. The van der Waals surface area contributed by atoms with E-state index in [0.29, 0.717) is 55.9 Å². The van der Waals surface area contributed by atoms with Crippen LogP contribution in [-0.2, 0) is 10.0 Å². The van der Waals surface area contributed by atoms with Crippen molar-refractivity contribution in [2.24, 2.45) is 0 Å². The van der Waals surface area contributed by atoms with Crippen molar-refractivity contribution in [2.75, 3.05) is 44.3 Å². The van der Waals surface area contributed by atoms with Gasteiger partial charge in [-0.1, -0.05) is 11.6 Å². The number of nitrogens with zero attached hydrogens (tertiary/aromatic N) is 3. The van der Waals surface area contributed by atoms with Crippen LogP contribution < -0.4 is 14.4 Å². The highest BCUT2D eigenvalue weighted by atomic mass is 35.5. The highest BCUT2D eigenvalue weighted by Crippen LogP contribution is 2.34. The zero-order chi connectivity index (χ0) is 20.7. The summed E-state index contributed by atoms with van der Waals surface area (Å²) in [5.41, 5.74) is 1.86. The molecule has 0 bridgehead atoms. The fourth-order valence-corrected chi connectivity index (χ4v) is 5.49. The summed E-state index contributed by atoms with van der Waals surface area (Å²) in [7, 11) is -3.61. The van der Waals surface area contributed by atoms with Gasteiger partial charge < -0.3 is 14.4 Å². The number of ether oxygens (including phenoxy) is 2. The molecule has 0 radical (unpaired) electrons. The second-order valence-corrected chi connectivity index (χ2v) is 9.56. The average Bonchev–Trinajstić information content (AvgIpc) is 2.78. The Bertz CT molecular complexity index is 1210. The van der Waals surface area contributed by atoms with Gasteiger partial charge in [0.05, 0.1) is 10.4 Å². The van der Waals surface area contributed by atoms with Crippen molar-refractivity contribution in [3.05, 3.63) is 53.7 Å². The minimum absolute atomic E-state index is 0.226. The molecular weight excluding hydrogens is 426 g/mol. The predicted octanol–water partition coefficient (Wildman–Crippen LogP) is 3.17. The molecule has 0 unspecified atom stereocenters. The van der Waals surface area contributed by atoms with E-state index in [1.165, 1.54) is 4.31 Å². The first-order chi connectivity index (χ1) is 14.5. The quantitative estimate of drug-likeness (QED) is 0.616. The molecule has 0 N–H and O–H groups in total. The Morgan fingerprint density at radius 2 is 1.67 bits per heavy atom. The van der Waals surface area contributed by atoms with Crippen molar-refractivity contribution < 1.29 is 17.9 Å². The van der Waals surface area contributed by atoms with Gasteiger partial charge in [0.15, 0.2) is 11.5 Å². The fraction of sp³-hybridized carbons (Fsp3) is 0.286. The Kier molecular flexibility index (Phi) is 4.92. The number of halogens is 1. The molecule has 1 fully saturated rings. The molecule has 156 valence electrons. The summed E-state index contributed by atoms with van der Waals surface area (Å²) in [4.78, 5) is 6.80. The molecule has 1 saturated heterocycles. The summed E-state index contributed by atoms with van der Waals surface area (Å²) in [5.74, 6) is 1.05. The smallest absolute Gasteiger partial charge is 0.243 e. The van der Waals surface area contributed by atoms with E-state index in [2.05, 4.69) is 9.88 Å². The third kappa shape index (κ3) is 3.45. The standard InChI is InChI=1S/C21H20ClN3O4S/c22-15-1-3-17-18(13-15)23-6-5-19(17)24-7-9-25(10-8-24)30(26,27)16-2-4-20-21(14-16)29-12-11-28-20/h1-6,13-14H,7-12H2. The second-order valence-electron chi connectivity index (χ2n) is 7.19. The van der Waals surface area contributed by atoms with Crippen LogP contribution in [-0.4, -0.2) is 57.1 Å². The summed E-state index contributed by atoms with van der Waals surface area (Å²) in [6.07, 6.45) is 1.76. The van der Waals surface area contributed by atoms with E-state index >= 15 is 0 Å². The monoisotopic (exact) mass is 445 g/mol. The van der Waals surface area contributed by atoms with Crippen molar-refractivity contribution in [2.45, 2.75) is 4.90 Å². The number of pyridine rings is 1. The van der Waals surface area contributed by atoms with Crippen molar-refractivity contribution in [1.82, 2.24) is 9.29 Å². The summed E-state index contributed by atoms with van der Waals surface area (Å²) >= 11 is 6.08.